The standard InChI is InChI=1S/C25H29N3O5/c1-3-33-19-10-8-18(9-11-19)22-23(26-20-6-4-5-7-21(20)31-2)25(30)28(24(22)29)13-12-27-14-16-32-17-15-27/h4-11,26H,3,12-17H2,1-2H3. The zero-order valence-corrected chi connectivity index (χ0v) is 19.0. The smallest absolute Gasteiger partial charge is 0.278 e. The first kappa shape index (κ1) is 22.8. The number of benzene rings is 2. The number of para-hydroxylation sites is 2. The summed E-state index contributed by atoms with van der Waals surface area (Å²) >= 11 is 0. The zero-order valence-electron chi connectivity index (χ0n) is 19.0. The monoisotopic (exact) mass is 451 g/mol. The van der Waals surface area contributed by atoms with Gasteiger partial charge in [-0.3, -0.25) is 19.4 Å². The summed E-state index contributed by atoms with van der Waals surface area (Å²) in [6.45, 7) is 6.31. The average Bonchev–Trinajstić information content (AvgIpc) is 3.08. The molecule has 8 heteroatoms. The SMILES string of the molecule is CCOc1ccc(C2=C(Nc3ccccc3OC)C(=O)N(CCN3CCOCC3)C2=O)cc1. The Bertz CT molecular complexity index is 1030. The Morgan fingerprint density at radius 3 is 2.39 bits per heavy atom. The predicted octanol–water partition coefficient (Wildman–Crippen LogP) is 2.62. The number of anilines is 1. The van der Waals surface area contributed by atoms with Crippen molar-refractivity contribution in [1.29, 1.82) is 0 Å². The molecule has 0 spiro atoms. The summed E-state index contributed by atoms with van der Waals surface area (Å²) in [4.78, 5) is 30.4. The minimum absolute atomic E-state index is 0.246. The summed E-state index contributed by atoms with van der Waals surface area (Å²) in [6, 6.07) is 14.5. The molecule has 2 heterocycles. The fourth-order valence-electron chi connectivity index (χ4n) is 4.00. The van der Waals surface area contributed by atoms with Crippen molar-refractivity contribution >= 4 is 23.1 Å². The normalized spacial score (nSPS) is 17.0. The van der Waals surface area contributed by atoms with Gasteiger partial charge in [0.25, 0.3) is 11.8 Å². The van der Waals surface area contributed by atoms with Crippen LogP contribution in [0, 0.1) is 0 Å². The molecule has 0 saturated carbocycles. The van der Waals surface area contributed by atoms with Crippen LogP contribution in [0.1, 0.15) is 12.5 Å². The molecule has 1 saturated heterocycles. The maximum Gasteiger partial charge on any atom is 0.278 e. The molecule has 0 unspecified atom stereocenters. The van der Waals surface area contributed by atoms with Crippen molar-refractivity contribution in [2.75, 3.05) is 58.4 Å². The lowest BCUT2D eigenvalue weighted by Gasteiger charge is -2.28. The second-order valence-corrected chi connectivity index (χ2v) is 7.75. The van der Waals surface area contributed by atoms with Crippen molar-refractivity contribution in [3.8, 4) is 11.5 Å². The lowest BCUT2D eigenvalue weighted by molar-refractivity contribution is -0.137. The van der Waals surface area contributed by atoms with Crippen LogP contribution < -0.4 is 14.8 Å². The van der Waals surface area contributed by atoms with E-state index in [1.807, 2.05) is 25.1 Å². The van der Waals surface area contributed by atoms with Crippen LogP contribution in [-0.2, 0) is 14.3 Å². The highest BCUT2D eigenvalue weighted by Crippen LogP contribution is 2.33. The number of carbonyl (C=O) groups excluding carboxylic acids is 2. The van der Waals surface area contributed by atoms with Gasteiger partial charge in [-0.05, 0) is 36.8 Å². The van der Waals surface area contributed by atoms with Gasteiger partial charge in [0.2, 0.25) is 0 Å². The molecule has 2 aliphatic rings. The Morgan fingerprint density at radius 1 is 0.970 bits per heavy atom. The molecule has 2 amide bonds. The number of carbonyl (C=O) groups is 2. The summed E-state index contributed by atoms with van der Waals surface area (Å²) < 4.78 is 16.3. The minimum Gasteiger partial charge on any atom is -0.495 e. The van der Waals surface area contributed by atoms with Crippen LogP contribution in [0.4, 0.5) is 5.69 Å². The third-order valence-corrected chi connectivity index (χ3v) is 5.73. The second-order valence-electron chi connectivity index (χ2n) is 7.75. The fraction of sp³-hybridized carbons (Fsp3) is 0.360. The molecular formula is C25H29N3O5. The number of rotatable bonds is 9. The highest BCUT2D eigenvalue weighted by molar-refractivity contribution is 6.36. The largest absolute Gasteiger partial charge is 0.495 e. The molecule has 0 bridgehead atoms. The molecule has 33 heavy (non-hydrogen) atoms. The van der Waals surface area contributed by atoms with Gasteiger partial charge in [-0.1, -0.05) is 24.3 Å². The van der Waals surface area contributed by atoms with Gasteiger partial charge in [-0.15, -0.1) is 0 Å². The predicted molar refractivity (Wildman–Crippen MR) is 125 cm³/mol. The quantitative estimate of drug-likeness (QED) is 0.587. The molecule has 1 N–H and O–H groups in total. The molecule has 2 aromatic carbocycles. The van der Waals surface area contributed by atoms with Crippen LogP contribution in [0.2, 0.25) is 0 Å². The molecule has 2 aliphatic heterocycles. The van der Waals surface area contributed by atoms with Crippen LogP contribution in [0.15, 0.2) is 54.2 Å². The summed E-state index contributed by atoms with van der Waals surface area (Å²) in [5.74, 6) is 0.642. The van der Waals surface area contributed by atoms with Crippen LogP contribution in [0.25, 0.3) is 5.57 Å². The van der Waals surface area contributed by atoms with E-state index in [0.29, 0.717) is 61.2 Å². The molecule has 0 aliphatic carbocycles. The van der Waals surface area contributed by atoms with Crippen LogP contribution in [0.5, 0.6) is 11.5 Å². The molecule has 8 nitrogen and oxygen atoms in total. The maximum atomic E-state index is 13.5. The van der Waals surface area contributed by atoms with E-state index >= 15 is 0 Å². The van der Waals surface area contributed by atoms with E-state index in [2.05, 4.69) is 10.2 Å². The first-order chi connectivity index (χ1) is 16.1. The van der Waals surface area contributed by atoms with E-state index in [4.69, 9.17) is 14.2 Å². The third kappa shape index (κ3) is 5.02. The summed E-state index contributed by atoms with van der Waals surface area (Å²) in [5, 5.41) is 3.17. The summed E-state index contributed by atoms with van der Waals surface area (Å²) in [6.07, 6.45) is 0. The molecule has 1 fully saturated rings. The summed E-state index contributed by atoms with van der Waals surface area (Å²) in [7, 11) is 1.57. The van der Waals surface area contributed by atoms with Crippen molar-refractivity contribution in [2.24, 2.45) is 0 Å². The molecule has 2 aromatic rings. The molecule has 4 rings (SSSR count). The Kier molecular flexibility index (Phi) is 7.26. The number of hydrogen-bond donors (Lipinski definition) is 1. The first-order valence-electron chi connectivity index (χ1n) is 11.2. The topological polar surface area (TPSA) is 80.3 Å². The number of ether oxygens (including phenoxy) is 3. The van der Waals surface area contributed by atoms with E-state index in [1.54, 1.807) is 37.4 Å². The Labute approximate surface area is 193 Å². The number of morpholine rings is 1. The van der Waals surface area contributed by atoms with Gasteiger partial charge in [0.05, 0.1) is 38.2 Å². The van der Waals surface area contributed by atoms with Crippen molar-refractivity contribution in [3.63, 3.8) is 0 Å². The number of hydrogen-bond acceptors (Lipinski definition) is 7. The first-order valence-corrected chi connectivity index (χ1v) is 11.2. The zero-order chi connectivity index (χ0) is 23.2. The number of nitrogens with one attached hydrogen (secondary N) is 1. The summed E-state index contributed by atoms with van der Waals surface area (Å²) in [5.41, 5.74) is 1.87. The molecule has 174 valence electrons. The van der Waals surface area contributed by atoms with Gasteiger partial charge in [-0.25, -0.2) is 0 Å². The van der Waals surface area contributed by atoms with Gasteiger partial charge < -0.3 is 19.5 Å². The fourth-order valence-corrected chi connectivity index (χ4v) is 4.00. The van der Waals surface area contributed by atoms with Gasteiger partial charge >= 0.3 is 0 Å². The lowest BCUT2D eigenvalue weighted by Crippen LogP contribution is -2.43. The highest BCUT2D eigenvalue weighted by Gasteiger charge is 2.39. The van der Waals surface area contributed by atoms with E-state index in [0.717, 1.165) is 13.1 Å². The number of amides is 2. The molecule has 0 aromatic heterocycles. The Morgan fingerprint density at radius 2 is 1.70 bits per heavy atom. The van der Waals surface area contributed by atoms with Crippen molar-refractivity contribution in [1.82, 2.24) is 9.80 Å². The number of nitrogens with zero attached hydrogens (tertiary/aromatic N) is 2. The lowest BCUT2D eigenvalue weighted by atomic mass is 10.0. The van der Waals surface area contributed by atoms with Gasteiger partial charge in [0.1, 0.15) is 17.2 Å². The molecule has 0 radical (unpaired) electrons. The Balaban J connectivity index is 1.64. The third-order valence-electron chi connectivity index (χ3n) is 5.73. The maximum absolute atomic E-state index is 13.5. The number of methoxy groups -OCH3 is 1. The van der Waals surface area contributed by atoms with Crippen LogP contribution in [-0.4, -0.2) is 74.7 Å². The van der Waals surface area contributed by atoms with Gasteiger partial charge in [0, 0.05) is 26.2 Å². The molecular weight excluding hydrogens is 422 g/mol. The minimum atomic E-state index is -0.344. The molecule has 0 atom stereocenters. The second kappa shape index (κ2) is 10.5. The van der Waals surface area contributed by atoms with Gasteiger partial charge in [-0.2, -0.15) is 0 Å². The van der Waals surface area contributed by atoms with Crippen molar-refractivity contribution in [3.05, 3.63) is 59.8 Å². The van der Waals surface area contributed by atoms with Crippen molar-refractivity contribution < 1.29 is 23.8 Å². The van der Waals surface area contributed by atoms with E-state index in [9.17, 15) is 9.59 Å². The van der Waals surface area contributed by atoms with Crippen molar-refractivity contribution in [2.45, 2.75) is 6.92 Å². The van der Waals surface area contributed by atoms with E-state index in [-0.39, 0.29) is 17.5 Å². The van der Waals surface area contributed by atoms with E-state index < -0.39 is 0 Å². The highest BCUT2D eigenvalue weighted by atomic mass is 16.5. The average molecular weight is 452 g/mol. The van der Waals surface area contributed by atoms with Crippen LogP contribution >= 0.6 is 0 Å². The number of imide groups is 1. The van der Waals surface area contributed by atoms with E-state index in [1.165, 1.54) is 4.90 Å². The Hall–Kier alpha value is -3.36. The van der Waals surface area contributed by atoms with Crippen LogP contribution in [0.3, 0.4) is 0 Å². The van der Waals surface area contributed by atoms with Gasteiger partial charge in [0.15, 0.2) is 0 Å².